The molecule has 0 bridgehead atoms. The average molecular weight is 416 g/mol. The third-order valence-electron chi connectivity index (χ3n) is 3.97. The third kappa shape index (κ3) is 5.15. The van der Waals surface area contributed by atoms with Crippen LogP contribution in [0.1, 0.15) is 18.1 Å². The van der Waals surface area contributed by atoms with E-state index < -0.39 is 10.8 Å². The van der Waals surface area contributed by atoms with E-state index in [9.17, 15) is 14.7 Å². The van der Waals surface area contributed by atoms with Crippen LogP contribution in [-0.2, 0) is 11.2 Å². The molecule has 28 heavy (non-hydrogen) atoms. The lowest BCUT2D eigenvalue weighted by Gasteiger charge is -2.12. The monoisotopic (exact) mass is 415 g/mol. The molecule has 0 aliphatic rings. The summed E-state index contributed by atoms with van der Waals surface area (Å²) >= 11 is 6.88. The summed E-state index contributed by atoms with van der Waals surface area (Å²) in [6.07, 6.45) is 0.270. The van der Waals surface area contributed by atoms with Crippen molar-refractivity contribution < 1.29 is 9.90 Å². The number of carbonyl (C=O) groups excluding carboxylic acids is 1. The highest BCUT2D eigenvalue weighted by Gasteiger charge is 2.18. The number of aromatic nitrogens is 2. The van der Waals surface area contributed by atoms with Gasteiger partial charge in [0.05, 0.1) is 10.8 Å². The predicted molar refractivity (Wildman–Crippen MR) is 111 cm³/mol. The molecular formula is C20H18ClN3O3S. The van der Waals surface area contributed by atoms with Gasteiger partial charge in [-0.25, -0.2) is 0 Å². The highest BCUT2D eigenvalue weighted by atomic mass is 35.5. The number of hydrogen-bond acceptors (Lipinski definition) is 5. The largest absolute Gasteiger partial charge is 0.493 e. The second kappa shape index (κ2) is 8.95. The van der Waals surface area contributed by atoms with Crippen molar-refractivity contribution in [1.82, 2.24) is 9.97 Å². The van der Waals surface area contributed by atoms with E-state index in [-0.39, 0.29) is 28.9 Å². The van der Waals surface area contributed by atoms with Gasteiger partial charge in [-0.15, -0.1) is 0 Å². The Morgan fingerprint density at radius 1 is 1.21 bits per heavy atom. The SMILES string of the molecule is C[C@H](Sc1nc(O)c(Cc2ccccc2)c(=O)[nH]1)C(=O)Nc1ccc(Cl)cc1. The zero-order chi connectivity index (χ0) is 20.1. The van der Waals surface area contributed by atoms with Crippen LogP contribution in [0.5, 0.6) is 5.88 Å². The van der Waals surface area contributed by atoms with Gasteiger partial charge in [0.2, 0.25) is 11.8 Å². The van der Waals surface area contributed by atoms with Crippen molar-refractivity contribution in [3.05, 3.63) is 81.1 Å². The Bertz CT molecular complexity index is 1020. The molecule has 3 N–H and O–H groups in total. The Labute approximate surface area is 171 Å². The Kier molecular flexibility index (Phi) is 6.38. The van der Waals surface area contributed by atoms with E-state index >= 15 is 0 Å². The number of benzene rings is 2. The zero-order valence-corrected chi connectivity index (χ0v) is 16.6. The number of H-pyrrole nitrogens is 1. The first-order chi connectivity index (χ1) is 13.4. The van der Waals surface area contributed by atoms with Crippen molar-refractivity contribution in [2.24, 2.45) is 0 Å². The van der Waals surface area contributed by atoms with Gasteiger partial charge in [-0.2, -0.15) is 4.98 Å². The van der Waals surface area contributed by atoms with E-state index in [1.165, 1.54) is 0 Å². The molecule has 0 spiro atoms. The fraction of sp³-hybridized carbons (Fsp3) is 0.150. The predicted octanol–water partition coefficient (Wildman–Crippen LogP) is 3.84. The van der Waals surface area contributed by atoms with Crippen molar-refractivity contribution in [2.75, 3.05) is 5.32 Å². The van der Waals surface area contributed by atoms with Crippen LogP contribution in [0.3, 0.4) is 0 Å². The Balaban J connectivity index is 1.69. The summed E-state index contributed by atoms with van der Waals surface area (Å²) in [5, 5.41) is 13.2. The van der Waals surface area contributed by atoms with Gasteiger partial charge >= 0.3 is 0 Å². The molecule has 6 nitrogen and oxygen atoms in total. The van der Waals surface area contributed by atoms with Gasteiger partial charge in [-0.3, -0.25) is 9.59 Å². The third-order valence-corrected chi connectivity index (χ3v) is 5.20. The second-order valence-electron chi connectivity index (χ2n) is 6.09. The van der Waals surface area contributed by atoms with Crippen molar-refractivity contribution in [3.8, 4) is 5.88 Å². The summed E-state index contributed by atoms with van der Waals surface area (Å²) < 4.78 is 0. The maximum atomic E-state index is 12.4. The number of rotatable bonds is 6. The van der Waals surface area contributed by atoms with E-state index in [0.29, 0.717) is 10.7 Å². The van der Waals surface area contributed by atoms with E-state index in [1.807, 2.05) is 30.3 Å². The zero-order valence-electron chi connectivity index (χ0n) is 15.0. The van der Waals surface area contributed by atoms with Gasteiger partial charge in [0.15, 0.2) is 5.16 Å². The van der Waals surface area contributed by atoms with Crippen LogP contribution in [-0.4, -0.2) is 26.2 Å². The first-order valence-corrected chi connectivity index (χ1v) is 9.77. The van der Waals surface area contributed by atoms with Crippen LogP contribution in [0.2, 0.25) is 5.02 Å². The molecule has 0 fully saturated rings. The molecule has 1 amide bonds. The summed E-state index contributed by atoms with van der Waals surface area (Å²) in [6.45, 7) is 1.69. The molecule has 1 heterocycles. The van der Waals surface area contributed by atoms with Gasteiger partial charge in [-0.1, -0.05) is 53.7 Å². The second-order valence-corrected chi connectivity index (χ2v) is 7.86. The van der Waals surface area contributed by atoms with Crippen LogP contribution >= 0.6 is 23.4 Å². The van der Waals surface area contributed by atoms with Crippen molar-refractivity contribution >= 4 is 35.0 Å². The minimum atomic E-state index is -0.543. The molecule has 144 valence electrons. The van der Waals surface area contributed by atoms with Crippen LogP contribution in [0.15, 0.2) is 64.5 Å². The van der Waals surface area contributed by atoms with Gasteiger partial charge < -0.3 is 15.4 Å². The lowest BCUT2D eigenvalue weighted by molar-refractivity contribution is -0.115. The van der Waals surface area contributed by atoms with Crippen molar-refractivity contribution in [2.45, 2.75) is 23.8 Å². The number of nitrogens with one attached hydrogen (secondary N) is 2. The topological polar surface area (TPSA) is 95.1 Å². The molecule has 0 unspecified atom stereocenters. The van der Waals surface area contributed by atoms with Gasteiger partial charge in [-0.05, 0) is 36.8 Å². The lowest BCUT2D eigenvalue weighted by atomic mass is 10.1. The molecule has 2 aromatic carbocycles. The molecule has 1 atom stereocenters. The number of nitrogens with zero attached hydrogens (tertiary/aromatic N) is 1. The molecule has 0 radical (unpaired) electrons. The van der Waals surface area contributed by atoms with E-state index in [0.717, 1.165) is 17.3 Å². The number of hydrogen-bond donors (Lipinski definition) is 3. The van der Waals surface area contributed by atoms with Gasteiger partial charge in [0.1, 0.15) is 0 Å². The number of thioether (sulfide) groups is 1. The number of carbonyl (C=O) groups is 1. The molecule has 0 aliphatic carbocycles. The Morgan fingerprint density at radius 2 is 1.89 bits per heavy atom. The summed E-state index contributed by atoms with van der Waals surface area (Å²) in [7, 11) is 0. The van der Waals surface area contributed by atoms with Gasteiger partial charge in [0.25, 0.3) is 5.56 Å². The Morgan fingerprint density at radius 3 is 2.54 bits per heavy atom. The van der Waals surface area contributed by atoms with Crippen LogP contribution in [0, 0.1) is 0 Å². The number of anilines is 1. The van der Waals surface area contributed by atoms with E-state index in [2.05, 4.69) is 15.3 Å². The number of aromatic amines is 1. The lowest BCUT2D eigenvalue weighted by Crippen LogP contribution is -2.23. The first kappa shape index (κ1) is 20.0. The molecule has 1 aromatic heterocycles. The summed E-state index contributed by atoms with van der Waals surface area (Å²) in [6, 6.07) is 16.1. The summed E-state index contributed by atoms with van der Waals surface area (Å²) in [5.74, 6) is -0.594. The van der Waals surface area contributed by atoms with Gasteiger partial charge in [0, 0.05) is 17.1 Å². The fourth-order valence-electron chi connectivity index (χ4n) is 2.48. The van der Waals surface area contributed by atoms with E-state index in [1.54, 1.807) is 31.2 Å². The molecule has 0 aliphatic heterocycles. The number of amides is 1. The minimum absolute atomic E-state index is 0.179. The smallest absolute Gasteiger partial charge is 0.258 e. The summed E-state index contributed by atoms with van der Waals surface area (Å²) in [5.41, 5.74) is 1.27. The molecule has 3 aromatic rings. The maximum absolute atomic E-state index is 12.4. The molecule has 8 heteroatoms. The standard InChI is InChI=1S/C20H18ClN3O3S/c1-12(17(25)22-15-9-7-14(21)8-10-15)28-20-23-18(26)16(19(27)24-20)11-13-5-3-2-4-6-13/h2-10,12H,11H2,1H3,(H,22,25)(H2,23,24,26,27)/t12-/m0/s1. The quantitative estimate of drug-likeness (QED) is 0.420. The van der Waals surface area contributed by atoms with Crippen LogP contribution in [0.4, 0.5) is 5.69 Å². The molecule has 3 rings (SSSR count). The van der Waals surface area contributed by atoms with Crippen molar-refractivity contribution in [1.29, 1.82) is 0 Å². The Hall–Kier alpha value is -2.77. The highest BCUT2D eigenvalue weighted by Crippen LogP contribution is 2.23. The average Bonchev–Trinajstić information content (AvgIpc) is 2.67. The van der Waals surface area contributed by atoms with E-state index in [4.69, 9.17) is 11.6 Å². The van der Waals surface area contributed by atoms with Crippen molar-refractivity contribution in [3.63, 3.8) is 0 Å². The molecule has 0 saturated heterocycles. The van der Waals surface area contributed by atoms with Crippen LogP contribution in [0.25, 0.3) is 0 Å². The minimum Gasteiger partial charge on any atom is -0.493 e. The summed E-state index contributed by atoms with van der Waals surface area (Å²) in [4.78, 5) is 31.4. The highest BCUT2D eigenvalue weighted by molar-refractivity contribution is 8.00. The van der Waals surface area contributed by atoms with Crippen LogP contribution < -0.4 is 10.9 Å². The fourth-order valence-corrected chi connectivity index (χ4v) is 3.40. The maximum Gasteiger partial charge on any atom is 0.258 e. The first-order valence-electron chi connectivity index (χ1n) is 8.51. The normalized spacial score (nSPS) is 11.8. The number of aromatic hydroxyl groups is 1. The number of halogens is 1. The molecular weight excluding hydrogens is 398 g/mol. The molecule has 0 saturated carbocycles.